The maximum absolute atomic E-state index is 3.76. The minimum atomic E-state index is 0.658. The molecule has 3 rings (SSSR count). The first-order valence-corrected chi connectivity index (χ1v) is 7.92. The second-order valence-electron chi connectivity index (χ2n) is 6.16. The molecule has 0 spiro atoms. The Balaban J connectivity index is 1.52. The molecule has 1 aliphatic heterocycles. The van der Waals surface area contributed by atoms with Crippen molar-refractivity contribution in [3.63, 3.8) is 0 Å². The molecule has 1 aliphatic carbocycles. The van der Waals surface area contributed by atoms with Gasteiger partial charge in [0.25, 0.3) is 0 Å². The van der Waals surface area contributed by atoms with Crippen LogP contribution in [0.3, 0.4) is 0 Å². The summed E-state index contributed by atoms with van der Waals surface area (Å²) in [5.74, 6) is 0. The van der Waals surface area contributed by atoms with Gasteiger partial charge in [-0.15, -0.1) is 0 Å². The summed E-state index contributed by atoms with van der Waals surface area (Å²) in [5, 5.41) is 3.76. The Bertz CT molecular complexity index is 409. The van der Waals surface area contributed by atoms with E-state index in [1.54, 1.807) is 0 Å². The van der Waals surface area contributed by atoms with Crippen LogP contribution >= 0.6 is 0 Å². The van der Waals surface area contributed by atoms with Gasteiger partial charge in [0.05, 0.1) is 0 Å². The third-order valence-electron chi connectivity index (χ3n) is 4.74. The van der Waals surface area contributed by atoms with Crippen LogP contribution in [0.5, 0.6) is 0 Å². The summed E-state index contributed by atoms with van der Waals surface area (Å²) in [6.45, 7) is 4.62. The first-order chi connectivity index (χ1) is 9.34. The minimum Gasteiger partial charge on any atom is -0.367 e. The van der Waals surface area contributed by atoms with Crippen molar-refractivity contribution in [2.45, 2.75) is 57.5 Å². The van der Waals surface area contributed by atoms with Crippen LogP contribution in [0.15, 0.2) is 24.3 Å². The van der Waals surface area contributed by atoms with E-state index in [4.69, 9.17) is 0 Å². The standard InChI is InChI=1S/C17H26N2/c1-14-13-15-7-5-6-10-17(15)19(14)12-11-18-16-8-3-2-4-9-16/h5-7,10,14,16,18H,2-4,8-9,11-13H2,1H3. The molecule has 1 aromatic rings. The SMILES string of the molecule is CC1Cc2ccccc2N1CCNC1CCCCC1. The highest BCUT2D eigenvalue weighted by Gasteiger charge is 2.25. The summed E-state index contributed by atoms with van der Waals surface area (Å²) in [4.78, 5) is 2.57. The van der Waals surface area contributed by atoms with E-state index in [2.05, 4.69) is 41.4 Å². The molecule has 1 fully saturated rings. The fraction of sp³-hybridized carbons (Fsp3) is 0.647. The molecule has 0 radical (unpaired) electrons. The summed E-state index contributed by atoms with van der Waals surface area (Å²) in [7, 11) is 0. The number of rotatable bonds is 4. The summed E-state index contributed by atoms with van der Waals surface area (Å²) in [6.07, 6.45) is 8.24. The van der Waals surface area contributed by atoms with Crippen LogP contribution in [0.1, 0.15) is 44.6 Å². The fourth-order valence-corrected chi connectivity index (χ4v) is 3.67. The van der Waals surface area contributed by atoms with Gasteiger partial charge in [-0.3, -0.25) is 0 Å². The van der Waals surface area contributed by atoms with Gasteiger partial charge in [0, 0.05) is 30.9 Å². The second-order valence-corrected chi connectivity index (χ2v) is 6.16. The summed E-state index contributed by atoms with van der Waals surface area (Å²) in [6, 6.07) is 10.3. The summed E-state index contributed by atoms with van der Waals surface area (Å²) < 4.78 is 0. The van der Waals surface area contributed by atoms with Crippen LogP contribution in [0, 0.1) is 0 Å². The van der Waals surface area contributed by atoms with Gasteiger partial charge in [-0.25, -0.2) is 0 Å². The molecule has 1 heterocycles. The lowest BCUT2D eigenvalue weighted by Crippen LogP contribution is -2.40. The molecule has 1 saturated carbocycles. The number of nitrogens with zero attached hydrogens (tertiary/aromatic N) is 1. The molecule has 1 N–H and O–H groups in total. The molecular weight excluding hydrogens is 232 g/mol. The molecule has 0 saturated heterocycles. The van der Waals surface area contributed by atoms with E-state index >= 15 is 0 Å². The Morgan fingerprint density at radius 2 is 1.95 bits per heavy atom. The number of hydrogen-bond donors (Lipinski definition) is 1. The molecule has 1 aromatic carbocycles. The van der Waals surface area contributed by atoms with Crippen LogP contribution < -0.4 is 10.2 Å². The molecule has 0 aromatic heterocycles. The molecule has 104 valence electrons. The lowest BCUT2D eigenvalue weighted by Gasteiger charge is -2.28. The third-order valence-corrected chi connectivity index (χ3v) is 4.74. The van der Waals surface area contributed by atoms with Crippen molar-refractivity contribution in [1.29, 1.82) is 0 Å². The molecule has 0 amide bonds. The van der Waals surface area contributed by atoms with Gasteiger partial charge >= 0.3 is 0 Å². The average molecular weight is 258 g/mol. The van der Waals surface area contributed by atoms with Crippen molar-refractivity contribution in [1.82, 2.24) is 5.32 Å². The van der Waals surface area contributed by atoms with Crippen LogP contribution in [-0.2, 0) is 6.42 Å². The molecule has 19 heavy (non-hydrogen) atoms. The van der Waals surface area contributed by atoms with Gasteiger partial charge < -0.3 is 10.2 Å². The van der Waals surface area contributed by atoms with Gasteiger partial charge in [-0.2, -0.15) is 0 Å². The molecule has 1 unspecified atom stereocenters. The van der Waals surface area contributed by atoms with Crippen molar-refractivity contribution >= 4 is 5.69 Å². The van der Waals surface area contributed by atoms with Gasteiger partial charge in [-0.1, -0.05) is 37.5 Å². The van der Waals surface area contributed by atoms with Crippen molar-refractivity contribution in [2.24, 2.45) is 0 Å². The van der Waals surface area contributed by atoms with Gasteiger partial charge in [0.1, 0.15) is 0 Å². The Labute approximate surface area is 117 Å². The normalized spacial score (nSPS) is 23.6. The summed E-state index contributed by atoms with van der Waals surface area (Å²) in [5.41, 5.74) is 2.98. The van der Waals surface area contributed by atoms with Gasteiger partial charge in [0.15, 0.2) is 0 Å². The monoisotopic (exact) mass is 258 g/mol. The highest BCUT2D eigenvalue weighted by molar-refractivity contribution is 5.59. The highest BCUT2D eigenvalue weighted by atomic mass is 15.2. The van der Waals surface area contributed by atoms with Crippen molar-refractivity contribution in [3.8, 4) is 0 Å². The predicted molar refractivity (Wildman–Crippen MR) is 81.8 cm³/mol. The Morgan fingerprint density at radius 3 is 2.79 bits per heavy atom. The zero-order valence-corrected chi connectivity index (χ0v) is 12.1. The first kappa shape index (κ1) is 13.0. The van der Waals surface area contributed by atoms with E-state index in [9.17, 15) is 0 Å². The van der Waals surface area contributed by atoms with E-state index in [0.717, 1.165) is 19.1 Å². The van der Waals surface area contributed by atoms with Gasteiger partial charge in [0.2, 0.25) is 0 Å². The number of benzene rings is 1. The third kappa shape index (κ3) is 2.94. The maximum atomic E-state index is 3.76. The molecule has 1 atom stereocenters. The van der Waals surface area contributed by atoms with Gasteiger partial charge in [-0.05, 0) is 37.8 Å². The lowest BCUT2D eigenvalue weighted by atomic mass is 9.95. The average Bonchev–Trinajstić information content (AvgIpc) is 2.76. The van der Waals surface area contributed by atoms with Crippen molar-refractivity contribution in [2.75, 3.05) is 18.0 Å². The van der Waals surface area contributed by atoms with E-state index < -0.39 is 0 Å². The van der Waals surface area contributed by atoms with E-state index in [1.165, 1.54) is 49.8 Å². The number of hydrogen-bond acceptors (Lipinski definition) is 2. The predicted octanol–water partition coefficient (Wildman–Crippen LogP) is 3.36. The number of para-hydroxylation sites is 1. The van der Waals surface area contributed by atoms with Crippen molar-refractivity contribution < 1.29 is 0 Å². The Hall–Kier alpha value is -1.02. The Morgan fingerprint density at radius 1 is 1.16 bits per heavy atom. The van der Waals surface area contributed by atoms with E-state index in [1.807, 2.05) is 0 Å². The van der Waals surface area contributed by atoms with Crippen LogP contribution in [0.2, 0.25) is 0 Å². The largest absolute Gasteiger partial charge is 0.367 e. The van der Waals surface area contributed by atoms with Crippen LogP contribution in [0.4, 0.5) is 5.69 Å². The zero-order chi connectivity index (χ0) is 13.1. The number of fused-ring (bicyclic) bond motifs is 1. The molecule has 2 heteroatoms. The zero-order valence-electron chi connectivity index (χ0n) is 12.1. The number of anilines is 1. The lowest BCUT2D eigenvalue weighted by molar-refractivity contribution is 0.375. The summed E-state index contributed by atoms with van der Waals surface area (Å²) >= 11 is 0. The van der Waals surface area contributed by atoms with Crippen LogP contribution in [0.25, 0.3) is 0 Å². The molecular formula is C17H26N2. The van der Waals surface area contributed by atoms with Crippen molar-refractivity contribution in [3.05, 3.63) is 29.8 Å². The first-order valence-electron chi connectivity index (χ1n) is 7.92. The topological polar surface area (TPSA) is 15.3 Å². The van der Waals surface area contributed by atoms with E-state index in [-0.39, 0.29) is 0 Å². The molecule has 2 aliphatic rings. The van der Waals surface area contributed by atoms with E-state index in [0.29, 0.717) is 6.04 Å². The fourth-order valence-electron chi connectivity index (χ4n) is 3.67. The molecule has 0 bridgehead atoms. The van der Waals surface area contributed by atoms with Crippen LogP contribution in [-0.4, -0.2) is 25.2 Å². The smallest absolute Gasteiger partial charge is 0.0402 e. The minimum absolute atomic E-state index is 0.658. The second kappa shape index (κ2) is 5.96. The highest BCUT2D eigenvalue weighted by Crippen LogP contribution is 2.31. The Kier molecular flexibility index (Phi) is 4.07. The quantitative estimate of drug-likeness (QED) is 0.891. The molecule has 2 nitrogen and oxygen atoms in total. The number of nitrogens with one attached hydrogen (secondary N) is 1. The maximum Gasteiger partial charge on any atom is 0.0402 e.